The monoisotopic (exact) mass is 492 g/mol. The number of carbonyl (C=O) groups is 4. The third-order valence-corrected chi connectivity index (χ3v) is 9.41. The molecule has 35 heavy (non-hydrogen) atoms. The SMILES string of the molecule is CCOC(=O)[C@@H]1CC[C@]2(O)[C@@H]3CC[C@]4(O)CC(=O)C=C[C@]4(COC(C)=O)[C@@H]3[C@H](OC(C)=O)C[C@]12C. The number of hydrogen-bond acceptors (Lipinski definition) is 9. The van der Waals surface area contributed by atoms with Crippen LogP contribution >= 0.6 is 0 Å². The van der Waals surface area contributed by atoms with Gasteiger partial charge in [-0.05, 0) is 51.0 Å². The molecule has 0 unspecified atom stereocenters. The Morgan fingerprint density at radius 3 is 2.43 bits per heavy atom. The molecule has 0 radical (unpaired) electrons. The summed E-state index contributed by atoms with van der Waals surface area (Å²) in [6, 6.07) is 0. The number of fused-ring (bicyclic) bond motifs is 5. The number of rotatable bonds is 5. The van der Waals surface area contributed by atoms with E-state index in [1.165, 1.54) is 19.9 Å². The fourth-order valence-corrected chi connectivity index (χ4v) is 7.90. The third kappa shape index (κ3) is 3.73. The van der Waals surface area contributed by atoms with Gasteiger partial charge < -0.3 is 24.4 Å². The number of ketones is 1. The highest BCUT2D eigenvalue weighted by Crippen LogP contribution is 2.69. The van der Waals surface area contributed by atoms with Gasteiger partial charge in [0.2, 0.25) is 0 Å². The molecular formula is C26H36O9. The van der Waals surface area contributed by atoms with Gasteiger partial charge >= 0.3 is 17.9 Å². The Morgan fingerprint density at radius 1 is 1.09 bits per heavy atom. The highest BCUT2D eigenvalue weighted by molar-refractivity contribution is 5.92. The van der Waals surface area contributed by atoms with Gasteiger partial charge in [-0.25, -0.2) is 0 Å². The lowest BCUT2D eigenvalue weighted by Crippen LogP contribution is -2.72. The van der Waals surface area contributed by atoms with Gasteiger partial charge in [-0.15, -0.1) is 0 Å². The maximum atomic E-state index is 12.9. The van der Waals surface area contributed by atoms with Gasteiger partial charge in [-0.2, -0.15) is 0 Å². The van der Waals surface area contributed by atoms with Crippen molar-refractivity contribution in [3.63, 3.8) is 0 Å². The Morgan fingerprint density at radius 2 is 1.80 bits per heavy atom. The molecule has 9 nitrogen and oxygen atoms in total. The Bertz CT molecular complexity index is 958. The van der Waals surface area contributed by atoms with Crippen LogP contribution in [-0.2, 0) is 33.4 Å². The molecule has 8 atom stereocenters. The van der Waals surface area contributed by atoms with E-state index in [0.29, 0.717) is 19.3 Å². The number of ether oxygens (including phenoxy) is 3. The molecule has 2 N–H and O–H groups in total. The molecule has 0 bridgehead atoms. The number of aliphatic hydroxyl groups is 2. The van der Waals surface area contributed by atoms with Crippen molar-refractivity contribution >= 4 is 23.7 Å². The summed E-state index contributed by atoms with van der Waals surface area (Å²) in [5, 5.41) is 24.1. The van der Waals surface area contributed by atoms with E-state index in [0.717, 1.165) is 0 Å². The maximum Gasteiger partial charge on any atom is 0.309 e. The smallest absolute Gasteiger partial charge is 0.309 e. The highest BCUT2D eigenvalue weighted by Gasteiger charge is 2.74. The van der Waals surface area contributed by atoms with Crippen LogP contribution in [0, 0.1) is 28.6 Å². The van der Waals surface area contributed by atoms with Crippen LogP contribution < -0.4 is 0 Å². The first kappa shape index (κ1) is 25.8. The fourth-order valence-electron chi connectivity index (χ4n) is 7.90. The highest BCUT2D eigenvalue weighted by atomic mass is 16.5. The normalized spacial score (nSPS) is 44.0. The quantitative estimate of drug-likeness (QED) is 0.435. The molecule has 3 fully saturated rings. The molecule has 0 heterocycles. The van der Waals surface area contributed by atoms with Crippen LogP contribution in [-0.4, -0.2) is 64.4 Å². The Kier molecular flexibility index (Phi) is 6.41. The zero-order valence-corrected chi connectivity index (χ0v) is 20.9. The van der Waals surface area contributed by atoms with E-state index in [2.05, 4.69) is 0 Å². The molecule has 4 aliphatic carbocycles. The molecule has 0 aromatic carbocycles. The molecule has 4 aliphatic rings. The summed E-state index contributed by atoms with van der Waals surface area (Å²) < 4.78 is 16.6. The first-order chi connectivity index (χ1) is 16.3. The molecule has 4 rings (SSSR count). The fraction of sp³-hybridized carbons (Fsp3) is 0.769. The van der Waals surface area contributed by atoms with Gasteiger partial charge in [0.25, 0.3) is 0 Å². The van der Waals surface area contributed by atoms with E-state index in [1.54, 1.807) is 13.0 Å². The summed E-state index contributed by atoms with van der Waals surface area (Å²) >= 11 is 0. The third-order valence-electron chi connectivity index (χ3n) is 9.41. The van der Waals surface area contributed by atoms with Gasteiger partial charge in [0.05, 0.1) is 29.1 Å². The summed E-state index contributed by atoms with van der Waals surface area (Å²) in [6.07, 6.45) is 3.57. The summed E-state index contributed by atoms with van der Waals surface area (Å²) in [5.41, 5.74) is -5.00. The van der Waals surface area contributed by atoms with Crippen molar-refractivity contribution in [2.45, 2.75) is 83.5 Å². The standard InChI is InChI=1S/C26H36O9/c1-5-33-22(30)19-8-11-26(32)18-7-10-25(31)12-17(29)6-9-24(25,14-34-15(2)27)21(18)20(35-16(3)28)13-23(19,26)4/h6,9,18-21,31-32H,5,7-8,10-14H2,1-4H3/t18-,19+,20-,21+,23-,24+,25+,26+/m1/s1. The van der Waals surface area contributed by atoms with Gasteiger partial charge in [-0.3, -0.25) is 19.2 Å². The lowest BCUT2D eigenvalue weighted by Gasteiger charge is -2.65. The number of allylic oxidation sites excluding steroid dienone is 1. The van der Waals surface area contributed by atoms with Crippen LogP contribution in [0.15, 0.2) is 12.2 Å². The Hall–Kier alpha value is -2.26. The molecule has 0 spiro atoms. The van der Waals surface area contributed by atoms with E-state index in [-0.39, 0.29) is 44.2 Å². The Balaban J connectivity index is 1.86. The molecule has 0 saturated heterocycles. The molecule has 0 aromatic rings. The topological polar surface area (TPSA) is 136 Å². The number of esters is 3. The average Bonchev–Trinajstić information content (AvgIpc) is 3.02. The van der Waals surface area contributed by atoms with Crippen LogP contribution in [0.3, 0.4) is 0 Å². The van der Waals surface area contributed by atoms with Crippen LogP contribution in [0.1, 0.15) is 66.2 Å². The van der Waals surface area contributed by atoms with Crippen LogP contribution in [0.25, 0.3) is 0 Å². The minimum atomic E-state index is -1.53. The van der Waals surface area contributed by atoms with Crippen molar-refractivity contribution < 1.29 is 43.6 Å². The first-order valence-corrected chi connectivity index (χ1v) is 12.5. The minimum absolute atomic E-state index is 0.151. The second kappa shape index (κ2) is 8.69. The van der Waals surface area contributed by atoms with Crippen molar-refractivity contribution in [3.05, 3.63) is 12.2 Å². The molecule has 194 valence electrons. The van der Waals surface area contributed by atoms with Crippen LogP contribution in [0.5, 0.6) is 0 Å². The maximum absolute atomic E-state index is 12.9. The van der Waals surface area contributed by atoms with Gasteiger partial charge in [0.1, 0.15) is 12.7 Å². The van der Waals surface area contributed by atoms with E-state index in [4.69, 9.17) is 14.2 Å². The average molecular weight is 493 g/mol. The van der Waals surface area contributed by atoms with E-state index >= 15 is 0 Å². The molecule has 0 amide bonds. The summed E-state index contributed by atoms with van der Waals surface area (Å²) in [4.78, 5) is 49.4. The van der Waals surface area contributed by atoms with Crippen molar-refractivity contribution in [3.8, 4) is 0 Å². The van der Waals surface area contributed by atoms with E-state index < -0.39 is 57.8 Å². The zero-order valence-electron chi connectivity index (χ0n) is 20.9. The van der Waals surface area contributed by atoms with Crippen molar-refractivity contribution in [2.24, 2.45) is 28.6 Å². The molecule has 0 aliphatic heterocycles. The summed E-state index contributed by atoms with van der Waals surface area (Å²) in [6.45, 7) is 6.16. The Labute approximate surface area is 205 Å². The van der Waals surface area contributed by atoms with Crippen LogP contribution in [0.2, 0.25) is 0 Å². The number of carbonyl (C=O) groups excluding carboxylic acids is 4. The molecule has 3 saturated carbocycles. The predicted octanol–water partition coefficient (Wildman–Crippen LogP) is 1.87. The van der Waals surface area contributed by atoms with Gasteiger partial charge in [0, 0.05) is 31.6 Å². The largest absolute Gasteiger partial charge is 0.466 e. The minimum Gasteiger partial charge on any atom is -0.466 e. The van der Waals surface area contributed by atoms with E-state index in [1.807, 2.05) is 6.92 Å². The molecule has 0 aromatic heterocycles. The molecule has 9 heteroatoms. The lowest BCUT2D eigenvalue weighted by molar-refractivity contribution is -0.270. The first-order valence-electron chi connectivity index (χ1n) is 12.5. The van der Waals surface area contributed by atoms with Gasteiger partial charge in [0.15, 0.2) is 5.78 Å². The van der Waals surface area contributed by atoms with Gasteiger partial charge in [-0.1, -0.05) is 13.0 Å². The second-order valence-electron chi connectivity index (χ2n) is 11.0. The van der Waals surface area contributed by atoms with Crippen molar-refractivity contribution in [1.82, 2.24) is 0 Å². The lowest BCUT2D eigenvalue weighted by atomic mass is 9.42. The number of hydrogen-bond donors (Lipinski definition) is 2. The summed E-state index contributed by atoms with van der Waals surface area (Å²) in [7, 11) is 0. The molecular weight excluding hydrogens is 456 g/mol. The van der Waals surface area contributed by atoms with Crippen molar-refractivity contribution in [2.75, 3.05) is 13.2 Å². The predicted molar refractivity (Wildman–Crippen MR) is 122 cm³/mol. The van der Waals surface area contributed by atoms with Crippen molar-refractivity contribution in [1.29, 1.82) is 0 Å². The van der Waals surface area contributed by atoms with Crippen LogP contribution in [0.4, 0.5) is 0 Å². The summed E-state index contributed by atoms with van der Waals surface area (Å²) in [5.74, 6) is -3.36. The van der Waals surface area contributed by atoms with E-state index in [9.17, 15) is 29.4 Å². The second-order valence-corrected chi connectivity index (χ2v) is 11.0. The zero-order chi connectivity index (χ0) is 25.8.